The molecule has 1 N–H and O–H groups in total. The number of nitrogens with one attached hydrogen (secondary N) is 1. The maximum atomic E-state index is 13.1. The van der Waals surface area contributed by atoms with Gasteiger partial charge in [0.1, 0.15) is 5.82 Å². The van der Waals surface area contributed by atoms with Gasteiger partial charge in [0, 0.05) is 12.1 Å². The SMILES string of the molecule is CC(NCCCCN(C)C(C)C)c1cccc(F)c1. The first-order chi connectivity index (χ1) is 9.00. The van der Waals surface area contributed by atoms with Crippen molar-refractivity contribution in [1.29, 1.82) is 0 Å². The van der Waals surface area contributed by atoms with Crippen LogP contribution in [0.1, 0.15) is 45.2 Å². The number of unbranched alkanes of at least 4 members (excludes halogenated alkanes) is 1. The van der Waals surface area contributed by atoms with Gasteiger partial charge in [-0.3, -0.25) is 0 Å². The molecule has 0 bridgehead atoms. The van der Waals surface area contributed by atoms with Crippen LogP contribution in [0.3, 0.4) is 0 Å². The summed E-state index contributed by atoms with van der Waals surface area (Å²) in [6.07, 6.45) is 2.34. The highest BCUT2D eigenvalue weighted by Gasteiger charge is 2.06. The summed E-state index contributed by atoms with van der Waals surface area (Å²) in [7, 11) is 2.16. The minimum Gasteiger partial charge on any atom is -0.310 e. The molecule has 0 aromatic heterocycles. The van der Waals surface area contributed by atoms with E-state index in [9.17, 15) is 4.39 Å². The third-order valence-corrected chi connectivity index (χ3v) is 3.62. The zero-order valence-electron chi connectivity index (χ0n) is 12.6. The van der Waals surface area contributed by atoms with E-state index in [1.807, 2.05) is 6.07 Å². The molecule has 0 aliphatic rings. The Morgan fingerprint density at radius 1 is 1.21 bits per heavy atom. The first kappa shape index (κ1) is 16.1. The summed E-state index contributed by atoms with van der Waals surface area (Å²) in [6.45, 7) is 8.61. The van der Waals surface area contributed by atoms with E-state index in [2.05, 4.69) is 38.0 Å². The lowest BCUT2D eigenvalue weighted by Crippen LogP contribution is -2.28. The molecule has 0 saturated heterocycles. The highest BCUT2D eigenvalue weighted by atomic mass is 19.1. The van der Waals surface area contributed by atoms with Crippen LogP contribution in [0.5, 0.6) is 0 Å². The summed E-state index contributed by atoms with van der Waals surface area (Å²) >= 11 is 0. The quantitative estimate of drug-likeness (QED) is 0.723. The first-order valence-corrected chi connectivity index (χ1v) is 7.19. The molecule has 0 aliphatic heterocycles. The van der Waals surface area contributed by atoms with Crippen LogP contribution in [0.2, 0.25) is 0 Å². The van der Waals surface area contributed by atoms with Gasteiger partial charge in [-0.05, 0) is 71.4 Å². The lowest BCUT2D eigenvalue weighted by atomic mass is 10.1. The summed E-state index contributed by atoms with van der Waals surface area (Å²) in [6, 6.07) is 7.63. The average Bonchev–Trinajstić information content (AvgIpc) is 2.37. The maximum Gasteiger partial charge on any atom is 0.123 e. The Morgan fingerprint density at radius 3 is 2.58 bits per heavy atom. The summed E-state index contributed by atoms with van der Waals surface area (Å²) in [5, 5.41) is 3.44. The smallest absolute Gasteiger partial charge is 0.123 e. The van der Waals surface area contributed by atoms with Crippen molar-refractivity contribution in [2.24, 2.45) is 0 Å². The first-order valence-electron chi connectivity index (χ1n) is 7.19. The van der Waals surface area contributed by atoms with Gasteiger partial charge in [-0.2, -0.15) is 0 Å². The van der Waals surface area contributed by atoms with Gasteiger partial charge >= 0.3 is 0 Å². The van der Waals surface area contributed by atoms with Crippen LogP contribution >= 0.6 is 0 Å². The molecule has 19 heavy (non-hydrogen) atoms. The summed E-state index contributed by atoms with van der Waals surface area (Å²) in [4.78, 5) is 2.36. The molecule has 0 radical (unpaired) electrons. The molecule has 108 valence electrons. The Bertz CT molecular complexity index is 366. The molecule has 0 heterocycles. The minimum absolute atomic E-state index is 0.162. The Labute approximate surface area is 117 Å². The van der Waals surface area contributed by atoms with Crippen LogP contribution in [0.15, 0.2) is 24.3 Å². The van der Waals surface area contributed by atoms with Crippen molar-refractivity contribution in [2.45, 2.75) is 45.7 Å². The van der Waals surface area contributed by atoms with Crippen LogP contribution in [0.4, 0.5) is 4.39 Å². The minimum atomic E-state index is -0.162. The third kappa shape index (κ3) is 6.17. The van der Waals surface area contributed by atoms with Gasteiger partial charge in [0.05, 0.1) is 0 Å². The molecule has 0 amide bonds. The fourth-order valence-corrected chi connectivity index (χ4v) is 1.96. The van der Waals surface area contributed by atoms with Crippen molar-refractivity contribution in [2.75, 3.05) is 20.1 Å². The number of halogens is 1. The van der Waals surface area contributed by atoms with E-state index in [0.29, 0.717) is 6.04 Å². The molecule has 0 saturated carbocycles. The van der Waals surface area contributed by atoms with Crippen molar-refractivity contribution < 1.29 is 4.39 Å². The summed E-state index contributed by atoms with van der Waals surface area (Å²) in [5.41, 5.74) is 1.01. The second kappa shape index (κ2) is 8.28. The Kier molecular flexibility index (Phi) is 7.03. The van der Waals surface area contributed by atoms with Gasteiger partial charge in [-0.15, -0.1) is 0 Å². The summed E-state index contributed by atoms with van der Waals surface area (Å²) in [5.74, 6) is -0.162. The van der Waals surface area contributed by atoms with Crippen LogP contribution < -0.4 is 5.32 Å². The van der Waals surface area contributed by atoms with Gasteiger partial charge in [0.25, 0.3) is 0 Å². The molecule has 1 aromatic rings. The maximum absolute atomic E-state index is 13.1. The van der Waals surface area contributed by atoms with E-state index in [1.165, 1.54) is 12.5 Å². The number of hydrogen-bond donors (Lipinski definition) is 1. The van der Waals surface area contributed by atoms with Crippen molar-refractivity contribution in [1.82, 2.24) is 10.2 Å². The van der Waals surface area contributed by atoms with E-state index in [0.717, 1.165) is 25.1 Å². The molecule has 1 aromatic carbocycles. The molecule has 0 spiro atoms. The van der Waals surface area contributed by atoms with E-state index in [4.69, 9.17) is 0 Å². The van der Waals surface area contributed by atoms with E-state index in [-0.39, 0.29) is 11.9 Å². The monoisotopic (exact) mass is 266 g/mol. The van der Waals surface area contributed by atoms with Crippen molar-refractivity contribution in [3.8, 4) is 0 Å². The lowest BCUT2D eigenvalue weighted by Gasteiger charge is -2.21. The van der Waals surface area contributed by atoms with Crippen LogP contribution in [-0.2, 0) is 0 Å². The predicted molar refractivity (Wildman–Crippen MR) is 79.8 cm³/mol. The molecule has 3 heteroatoms. The third-order valence-electron chi connectivity index (χ3n) is 3.62. The van der Waals surface area contributed by atoms with Crippen LogP contribution in [0.25, 0.3) is 0 Å². The Balaban J connectivity index is 2.19. The fraction of sp³-hybridized carbons (Fsp3) is 0.625. The number of hydrogen-bond acceptors (Lipinski definition) is 2. The van der Waals surface area contributed by atoms with Gasteiger partial charge < -0.3 is 10.2 Å². The van der Waals surface area contributed by atoms with Crippen LogP contribution in [0, 0.1) is 5.82 Å². The highest BCUT2D eigenvalue weighted by molar-refractivity contribution is 5.19. The zero-order chi connectivity index (χ0) is 14.3. The molecular formula is C16H27FN2. The van der Waals surface area contributed by atoms with E-state index < -0.39 is 0 Å². The molecule has 0 fully saturated rings. The standard InChI is InChI=1S/C16H27FN2/c1-13(2)19(4)11-6-5-10-18-14(3)15-8-7-9-16(17)12-15/h7-9,12-14,18H,5-6,10-11H2,1-4H3. The van der Waals surface area contributed by atoms with Crippen molar-refractivity contribution in [3.05, 3.63) is 35.6 Å². The Hall–Kier alpha value is -0.930. The van der Waals surface area contributed by atoms with Crippen LogP contribution in [-0.4, -0.2) is 31.1 Å². The lowest BCUT2D eigenvalue weighted by molar-refractivity contribution is 0.267. The normalized spacial score (nSPS) is 13.2. The van der Waals surface area contributed by atoms with Gasteiger partial charge in [-0.1, -0.05) is 12.1 Å². The molecule has 2 nitrogen and oxygen atoms in total. The number of benzene rings is 1. The molecular weight excluding hydrogens is 239 g/mol. The molecule has 0 aliphatic carbocycles. The predicted octanol–water partition coefficient (Wildman–Crippen LogP) is 3.60. The topological polar surface area (TPSA) is 15.3 Å². The molecule has 1 rings (SSSR count). The number of nitrogens with zero attached hydrogens (tertiary/aromatic N) is 1. The van der Waals surface area contributed by atoms with Crippen molar-refractivity contribution >= 4 is 0 Å². The zero-order valence-corrected chi connectivity index (χ0v) is 12.6. The van der Waals surface area contributed by atoms with Gasteiger partial charge in [-0.25, -0.2) is 4.39 Å². The average molecular weight is 266 g/mol. The largest absolute Gasteiger partial charge is 0.310 e. The second-order valence-corrected chi connectivity index (χ2v) is 5.51. The molecule has 1 atom stereocenters. The van der Waals surface area contributed by atoms with Gasteiger partial charge in [0.2, 0.25) is 0 Å². The van der Waals surface area contributed by atoms with E-state index >= 15 is 0 Å². The second-order valence-electron chi connectivity index (χ2n) is 5.51. The van der Waals surface area contributed by atoms with E-state index in [1.54, 1.807) is 12.1 Å². The summed E-state index contributed by atoms with van der Waals surface area (Å²) < 4.78 is 13.1. The van der Waals surface area contributed by atoms with Gasteiger partial charge in [0.15, 0.2) is 0 Å². The number of rotatable bonds is 8. The fourth-order valence-electron chi connectivity index (χ4n) is 1.96. The molecule has 1 unspecified atom stereocenters. The Morgan fingerprint density at radius 2 is 1.95 bits per heavy atom. The highest BCUT2D eigenvalue weighted by Crippen LogP contribution is 2.13. The van der Waals surface area contributed by atoms with Crippen molar-refractivity contribution in [3.63, 3.8) is 0 Å².